The number of aryl methyl sites for hydroxylation is 3. The van der Waals surface area contributed by atoms with Crippen LogP contribution in [0.3, 0.4) is 0 Å². The number of fused-ring (bicyclic) bond motifs is 1. The minimum atomic E-state index is 0.773. The molecule has 0 aliphatic rings. The Balaban J connectivity index is 2.29. The minimum absolute atomic E-state index is 0.773. The zero-order valence-corrected chi connectivity index (χ0v) is 11.7. The molecule has 0 fully saturated rings. The molecule has 2 heterocycles. The number of hydrogen-bond acceptors (Lipinski definition) is 3. The molecule has 0 saturated carbocycles. The van der Waals surface area contributed by atoms with Crippen LogP contribution in [0.5, 0.6) is 0 Å². The number of thioether (sulfide) groups is 1. The lowest BCUT2D eigenvalue weighted by Gasteiger charge is -2.03. The van der Waals surface area contributed by atoms with Crippen molar-refractivity contribution in [2.45, 2.75) is 13.5 Å². The van der Waals surface area contributed by atoms with Gasteiger partial charge >= 0.3 is 0 Å². The van der Waals surface area contributed by atoms with Crippen LogP contribution < -0.4 is 0 Å². The number of aromatic nitrogens is 4. The summed E-state index contributed by atoms with van der Waals surface area (Å²) in [4.78, 5) is 3.22. The SMILES string of the molecule is C=CCSCCn1c(=S)[nH]c2c(C)nn(C)c21. The predicted molar refractivity (Wildman–Crippen MR) is 76.1 cm³/mol. The molecule has 1 N–H and O–H groups in total. The van der Waals surface area contributed by atoms with Crippen LogP contribution in [0.15, 0.2) is 12.7 Å². The molecule has 17 heavy (non-hydrogen) atoms. The Kier molecular flexibility index (Phi) is 3.73. The standard InChI is InChI=1S/C11H16N4S2/c1-4-6-17-7-5-15-10-9(12-11(15)16)8(2)13-14(10)3/h4H,1,5-7H2,2-3H3,(H,12,16). The van der Waals surface area contributed by atoms with Gasteiger partial charge in [-0.15, -0.1) is 6.58 Å². The molecule has 0 unspecified atom stereocenters. The summed E-state index contributed by atoms with van der Waals surface area (Å²) in [5, 5.41) is 4.39. The predicted octanol–water partition coefficient (Wildman–Crippen LogP) is 2.66. The van der Waals surface area contributed by atoms with Gasteiger partial charge in [-0.1, -0.05) is 6.08 Å². The van der Waals surface area contributed by atoms with Crippen LogP contribution in [0.2, 0.25) is 0 Å². The van der Waals surface area contributed by atoms with Crippen molar-refractivity contribution in [1.82, 2.24) is 19.3 Å². The molecule has 0 saturated heterocycles. The van der Waals surface area contributed by atoms with Gasteiger partial charge in [0.1, 0.15) is 5.52 Å². The molecular weight excluding hydrogens is 252 g/mol. The Labute approximate surface area is 110 Å². The van der Waals surface area contributed by atoms with Gasteiger partial charge in [0.15, 0.2) is 10.4 Å². The number of imidazole rings is 1. The molecule has 0 aliphatic heterocycles. The zero-order chi connectivity index (χ0) is 12.4. The highest BCUT2D eigenvalue weighted by Crippen LogP contribution is 2.17. The fourth-order valence-corrected chi connectivity index (χ4v) is 2.83. The molecule has 4 nitrogen and oxygen atoms in total. The average molecular weight is 268 g/mol. The Morgan fingerprint density at radius 3 is 3.06 bits per heavy atom. The lowest BCUT2D eigenvalue weighted by molar-refractivity contribution is 0.704. The van der Waals surface area contributed by atoms with E-state index < -0.39 is 0 Å². The van der Waals surface area contributed by atoms with Crippen LogP contribution in [0, 0.1) is 11.7 Å². The summed E-state index contributed by atoms with van der Waals surface area (Å²) in [6, 6.07) is 0. The topological polar surface area (TPSA) is 38.5 Å². The molecular formula is C11H16N4S2. The maximum Gasteiger partial charge on any atom is 0.179 e. The number of nitrogens with one attached hydrogen (secondary N) is 1. The van der Waals surface area contributed by atoms with E-state index in [0.717, 1.165) is 39.7 Å². The monoisotopic (exact) mass is 268 g/mol. The van der Waals surface area contributed by atoms with Crippen molar-refractivity contribution in [3.63, 3.8) is 0 Å². The van der Waals surface area contributed by atoms with Gasteiger partial charge in [0.25, 0.3) is 0 Å². The second-order valence-electron chi connectivity index (χ2n) is 3.85. The lowest BCUT2D eigenvalue weighted by atomic mass is 10.4. The molecule has 2 aromatic rings. The molecule has 0 radical (unpaired) electrons. The van der Waals surface area contributed by atoms with E-state index in [-0.39, 0.29) is 0 Å². The zero-order valence-electron chi connectivity index (χ0n) is 10.1. The molecule has 0 atom stereocenters. The maximum absolute atomic E-state index is 5.34. The van der Waals surface area contributed by atoms with E-state index in [0.29, 0.717) is 0 Å². The van der Waals surface area contributed by atoms with E-state index >= 15 is 0 Å². The molecule has 0 spiro atoms. The smallest absolute Gasteiger partial charge is 0.179 e. The largest absolute Gasteiger partial charge is 0.328 e. The first-order chi connectivity index (χ1) is 8.15. The molecule has 6 heteroatoms. The third-order valence-corrected chi connectivity index (χ3v) is 3.88. The van der Waals surface area contributed by atoms with Gasteiger partial charge in [-0.05, 0) is 19.1 Å². The highest BCUT2D eigenvalue weighted by molar-refractivity contribution is 7.99. The van der Waals surface area contributed by atoms with Crippen molar-refractivity contribution in [2.75, 3.05) is 11.5 Å². The third-order valence-electron chi connectivity index (χ3n) is 2.62. The number of H-pyrrole nitrogens is 1. The summed E-state index contributed by atoms with van der Waals surface area (Å²) < 4.78 is 4.77. The normalized spacial score (nSPS) is 11.2. The first kappa shape index (κ1) is 12.4. The average Bonchev–Trinajstić information content (AvgIpc) is 2.74. The third kappa shape index (κ3) is 2.32. The van der Waals surface area contributed by atoms with E-state index in [2.05, 4.69) is 21.2 Å². The van der Waals surface area contributed by atoms with E-state index in [1.54, 1.807) is 0 Å². The molecule has 2 aromatic heterocycles. The van der Waals surface area contributed by atoms with Crippen molar-refractivity contribution < 1.29 is 0 Å². The van der Waals surface area contributed by atoms with Crippen LogP contribution >= 0.6 is 24.0 Å². The van der Waals surface area contributed by atoms with Gasteiger partial charge in [0, 0.05) is 25.1 Å². The highest BCUT2D eigenvalue weighted by Gasteiger charge is 2.11. The van der Waals surface area contributed by atoms with Gasteiger partial charge in [-0.2, -0.15) is 16.9 Å². The van der Waals surface area contributed by atoms with Crippen molar-refractivity contribution in [3.05, 3.63) is 23.1 Å². The second kappa shape index (κ2) is 5.10. The molecule has 0 aliphatic carbocycles. The molecule has 92 valence electrons. The summed E-state index contributed by atoms with van der Waals surface area (Å²) in [7, 11) is 1.95. The number of nitrogens with zero attached hydrogens (tertiary/aromatic N) is 3. The summed E-state index contributed by atoms with van der Waals surface area (Å²) in [5.41, 5.74) is 3.11. The Morgan fingerprint density at radius 2 is 2.35 bits per heavy atom. The molecule has 2 rings (SSSR count). The Bertz CT molecular complexity index is 590. The number of hydrogen-bond donors (Lipinski definition) is 1. The van der Waals surface area contributed by atoms with E-state index in [1.165, 1.54) is 0 Å². The van der Waals surface area contributed by atoms with Gasteiger partial charge in [0.2, 0.25) is 0 Å². The summed E-state index contributed by atoms with van der Waals surface area (Å²) >= 11 is 7.19. The van der Waals surface area contributed by atoms with E-state index in [1.807, 2.05) is 36.5 Å². The Morgan fingerprint density at radius 1 is 1.59 bits per heavy atom. The van der Waals surface area contributed by atoms with E-state index in [9.17, 15) is 0 Å². The van der Waals surface area contributed by atoms with Crippen LogP contribution in [0.4, 0.5) is 0 Å². The first-order valence-electron chi connectivity index (χ1n) is 5.46. The lowest BCUT2D eigenvalue weighted by Crippen LogP contribution is -2.05. The van der Waals surface area contributed by atoms with Crippen LogP contribution in [0.1, 0.15) is 5.69 Å². The van der Waals surface area contributed by atoms with E-state index in [4.69, 9.17) is 12.2 Å². The minimum Gasteiger partial charge on any atom is -0.328 e. The van der Waals surface area contributed by atoms with Crippen LogP contribution in [0.25, 0.3) is 11.2 Å². The Hall–Kier alpha value is -1.01. The fraction of sp³-hybridized carbons (Fsp3) is 0.455. The molecule has 0 amide bonds. The highest BCUT2D eigenvalue weighted by atomic mass is 32.2. The van der Waals surface area contributed by atoms with Gasteiger partial charge < -0.3 is 9.55 Å². The fourth-order valence-electron chi connectivity index (χ4n) is 1.90. The molecule has 0 bridgehead atoms. The first-order valence-corrected chi connectivity index (χ1v) is 7.02. The van der Waals surface area contributed by atoms with Gasteiger partial charge in [-0.3, -0.25) is 4.68 Å². The summed E-state index contributed by atoms with van der Waals surface area (Å²) in [6.07, 6.45) is 1.92. The van der Waals surface area contributed by atoms with Crippen molar-refractivity contribution in [1.29, 1.82) is 0 Å². The number of aromatic amines is 1. The summed E-state index contributed by atoms with van der Waals surface area (Å²) in [6.45, 7) is 6.60. The second-order valence-corrected chi connectivity index (χ2v) is 5.39. The number of rotatable bonds is 5. The van der Waals surface area contributed by atoms with Crippen molar-refractivity contribution in [3.8, 4) is 0 Å². The quantitative estimate of drug-likeness (QED) is 0.515. The van der Waals surface area contributed by atoms with Gasteiger partial charge in [0.05, 0.1) is 5.69 Å². The van der Waals surface area contributed by atoms with Crippen molar-refractivity contribution >= 4 is 35.1 Å². The maximum atomic E-state index is 5.34. The van der Waals surface area contributed by atoms with Crippen LogP contribution in [-0.4, -0.2) is 30.8 Å². The molecule has 0 aromatic carbocycles. The summed E-state index contributed by atoms with van der Waals surface area (Å²) in [5.74, 6) is 2.00. The van der Waals surface area contributed by atoms with Gasteiger partial charge in [-0.25, -0.2) is 0 Å². The van der Waals surface area contributed by atoms with Crippen LogP contribution in [-0.2, 0) is 13.6 Å². The van der Waals surface area contributed by atoms with Crippen molar-refractivity contribution in [2.24, 2.45) is 7.05 Å².